The number of aliphatic hydroxyl groups excluding tert-OH is 1. The van der Waals surface area contributed by atoms with Crippen molar-refractivity contribution in [2.45, 2.75) is 44.8 Å². The minimum atomic E-state index is -3.80. The van der Waals surface area contributed by atoms with Crippen LogP contribution in [0.2, 0.25) is 0 Å². The van der Waals surface area contributed by atoms with Crippen LogP contribution in [0, 0.1) is 6.92 Å². The summed E-state index contributed by atoms with van der Waals surface area (Å²) in [5, 5.41) is 16.2. The second-order valence-corrected chi connectivity index (χ2v) is 8.58. The van der Waals surface area contributed by atoms with Crippen molar-refractivity contribution in [3.05, 3.63) is 17.5 Å². The molecule has 1 fully saturated rings. The van der Waals surface area contributed by atoms with Crippen LogP contribution in [-0.4, -0.2) is 58.8 Å². The van der Waals surface area contributed by atoms with Gasteiger partial charge in [-0.25, -0.2) is 0 Å². The number of amides is 1. The maximum atomic E-state index is 12.6. The first-order valence-corrected chi connectivity index (χ1v) is 9.09. The molecule has 2 rings (SSSR count). The number of aliphatic hydroxyl groups is 1. The Morgan fingerprint density at radius 3 is 2.62 bits per heavy atom. The van der Waals surface area contributed by atoms with Gasteiger partial charge < -0.3 is 10.4 Å². The summed E-state index contributed by atoms with van der Waals surface area (Å²) >= 11 is 0. The van der Waals surface area contributed by atoms with Gasteiger partial charge in [-0.15, -0.1) is 0 Å². The van der Waals surface area contributed by atoms with E-state index in [1.54, 1.807) is 38.7 Å². The van der Waals surface area contributed by atoms with Gasteiger partial charge in [-0.05, 0) is 27.2 Å². The molecule has 0 saturated carbocycles. The molecular formula is C14H25N5O4S. The predicted molar refractivity (Wildman–Crippen MR) is 88.2 cm³/mol. The zero-order valence-corrected chi connectivity index (χ0v) is 15.4. The Morgan fingerprint density at radius 2 is 2.12 bits per heavy atom. The summed E-state index contributed by atoms with van der Waals surface area (Å²) < 4.78 is 30.0. The monoisotopic (exact) mass is 359 g/mol. The number of aryl methyl sites for hydroxylation is 2. The fourth-order valence-corrected chi connectivity index (χ4v) is 4.00. The van der Waals surface area contributed by atoms with Crippen molar-refractivity contribution in [3.8, 4) is 0 Å². The van der Waals surface area contributed by atoms with Gasteiger partial charge in [0.25, 0.3) is 10.2 Å². The standard InChI is InChI=1S/C14H25N5O4S/c1-9-10(7-18(4)16-9)11-6-12(19(5)24(22,23)17-11)13(21)15-14(2,3)8-20/h7,11-12,17,20H,6,8H2,1-5H3,(H,15,21)/t11-,12-/m0/s1. The summed E-state index contributed by atoms with van der Waals surface area (Å²) in [5.41, 5.74) is 0.629. The number of hydrogen-bond donors (Lipinski definition) is 3. The minimum absolute atomic E-state index is 0.245. The molecule has 1 aliphatic heterocycles. The number of nitrogens with one attached hydrogen (secondary N) is 2. The van der Waals surface area contributed by atoms with Crippen molar-refractivity contribution in [2.24, 2.45) is 7.05 Å². The SMILES string of the molecule is Cc1nn(C)cc1[C@@H]1C[C@@H](C(=O)NC(C)(C)CO)N(C)S(=O)(=O)N1. The van der Waals surface area contributed by atoms with Crippen LogP contribution >= 0.6 is 0 Å². The number of hydrogen-bond acceptors (Lipinski definition) is 5. The van der Waals surface area contributed by atoms with E-state index in [-0.39, 0.29) is 13.0 Å². The summed E-state index contributed by atoms with van der Waals surface area (Å²) in [6, 6.07) is -1.40. The molecule has 0 bridgehead atoms. The summed E-state index contributed by atoms with van der Waals surface area (Å²) in [4.78, 5) is 12.6. The molecule has 136 valence electrons. The van der Waals surface area contributed by atoms with Gasteiger partial charge in [0.05, 0.1) is 23.9 Å². The Labute approximate surface area is 142 Å². The van der Waals surface area contributed by atoms with Crippen molar-refractivity contribution in [1.82, 2.24) is 24.1 Å². The predicted octanol–water partition coefficient (Wildman–Crippen LogP) is -0.805. The molecule has 1 aliphatic rings. The number of carbonyl (C=O) groups is 1. The van der Waals surface area contributed by atoms with E-state index in [0.717, 1.165) is 9.87 Å². The first-order chi connectivity index (χ1) is 11.0. The zero-order valence-electron chi connectivity index (χ0n) is 14.6. The molecule has 1 aromatic rings. The zero-order chi connectivity index (χ0) is 18.3. The summed E-state index contributed by atoms with van der Waals surface area (Å²) in [6.07, 6.45) is 2.02. The molecule has 1 aromatic heterocycles. The van der Waals surface area contributed by atoms with Crippen LogP contribution in [0.5, 0.6) is 0 Å². The molecule has 10 heteroatoms. The van der Waals surface area contributed by atoms with Crippen molar-refractivity contribution in [2.75, 3.05) is 13.7 Å². The number of likely N-dealkylation sites (N-methyl/N-ethyl adjacent to an activating group) is 1. The van der Waals surface area contributed by atoms with Crippen molar-refractivity contribution >= 4 is 16.1 Å². The number of nitrogens with zero attached hydrogens (tertiary/aromatic N) is 3. The van der Waals surface area contributed by atoms with E-state index in [1.165, 1.54) is 7.05 Å². The second kappa shape index (κ2) is 6.43. The molecule has 9 nitrogen and oxygen atoms in total. The van der Waals surface area contributed by atoms with E-state index < -0.39 is 33.7 Å². The van der Waals surface area contributed by atoms with Crippen LogP contribution in [0.3, 0.4) is 0 Å². The quantitative estimate of drug-likeness (QED) is 0.650. The van der Waals surface area contributed by atoms with Crippen LogP contribution in [0.1, 0.15) is 37.6 Å². The largest absolute Gasteiger partial charge is 0.394 e. The molecule has 0 unspecified atom stereocenters. The normalized spacial score (nSPS) is 24.8. The smallest absolute Gasteiger partial charge is 0.280 e. The number of carbonyl (C=O) groups excluding carboxylic acids is 1. The molecule has 0 spiro atoms. The maximum Gasteiger partial charge on any atom is 0.280 e. The van der Waals surface area contributed by atoms with Gasteiger partial charge in [-0.2, -0.15) is 22.5 Å². The Morgan fingerprint density at radius 1 is 1.50 bits per heavy atom. The third-order valence-electron chi connectivity index (χ3n) is 4.15. The van der Waals surface area contributed by atoms with Crippen LogP contribution in [-0.2, 0) is 22.1 Å². The van der Waals surface area contributed by atoms with Gasteiger partial charge in [-0.1, -0.05) is 0 Å². The molecule has 2 heterocycles. The Hall–Kier alpha value is -1.49. The summed E-state index contributed by atoms with van der Waals surface area (Å²) in [7, 11) is -0.676. The number of aromatic nitrogens is 2. The van der Waals surface area contributed by atoms with Crippen molar-refractivity contribution in [3.63, 3.8) is 0 Å². The van der Waals surface area contributed by atoms with Crippen LogP contribution in [0.15, 0.2) is 6.20 Å². The first kappa shape index (κ1) is 18.8. The highest BCUT2D eigenvalue weighted by Crippen LogP contribution is 2.29. The average Bonchev–Trinajstić information content (AvgIpc) is 2.80. The molecule has 1 amide bonds. The Bertz CT molecular complexity index is 728. The lowest BCUT2D eigenvalue weighted by molar-refractivity contribution is -0.127. The van der Waals surface area contributed by atoms with Gasteiger partial charge >= 0.3 is 0 Å². The van der Waals surface area contributed by atoms with E-state index in [0.29, 0.717) is 5.69 Å². The molecule has 24 heavy (non-hydrogen) atoms. The van der Waals surface area contributed by atoms with E-state index in [9.17, 15) is 18.3 Å². The summed E-state index contributed by atoms with van der Waals surface area (Å²) in [5.74, 6) is -0.437. The van der Waals surface area contributed by atoms with Crippen LogP contribution < -0.4 is 10.0 Å². The van der Waals surface area contributed by atoms with E-state index in [1.807, 2.05) is 0 Å². The first-order valence-electron chi connectivity index (χ1n) is 7.65. The Balaban J connectivity index is 2.30. The topological polar surface area (TPSA) is 117 Å². The van der Waals surface area contributed by atoms with Crippen molar-refractivity contribution in [1.29, 1.82) is 0 Å². The fraction of sp³-hybridized carbons (Fsp3) is 0.714. The molecular weight excluding hydrogens is 334 g/mol. The highest BCUT2D eigenvalue weighted by molar-refractivity contribution is 7.87. The molecule has 0 aliphatic carbocycles. The van der Waals surface area contributed by atoms with Crippen LogP contribution in [0.25, 0.3) is 0 Å². The average molecular weight is 359 g/mol. The highest BCUT2D eigenvalue weighted by atomic mass is 32.2. The highest BCUT2D eigenvalue weighted by Gasteiger charge is 2.42. The number of rotatable bonds is 4. The van der Waals surface area contributed by atoms with Gasteiger partial charge in [0, 0.05) is 25.9 Å². The lowest BCUT2D eigenvalue weighted by atomic mass is 9.99. The van der Waals surface area contributed by atoms with Gasteiger partial charge in [0.1, 0.15) is 6.04 Å². The molecule has 2 atom stereocenters. The third kappa shape index (κ3) is 3.77. The lowest BCUT2D eigenvalue weighted by Crippen LogP contribution is -2.60. The second-order valence-electron chi connectivity index (χ2n) is 6.82. The molecule has 0 aromatic carbocycles. The van der Waals surface area contributed by atoms with Gasteiger partial charge in [0.2, 0.25) is 5.91 Å². The minimum Gasteiger partial charge on any atom is -0.394 e. The van der Waals surface area contributed by atoms with Gasteiger partial charge in [0.15, 0.2) is 0 Å². The maximum absolute atomic E-state index is 12.6. The van der Waals surface area contributed by atoms with E-state index in [4.69, 9.17) is 0 Å². The molecule has 0 radical (unpaired) electrons. The fourth-order valence-electron chi connectivity index (χ4n) is 2.73. The van der Waals surface area contributed by atoms with E-state index >= 15 is 0 Å². The molecule has 3 N–H and O–H groups in total. The Kier molecular flexibility index (Phi) is 5.05. The van der Waals surface area contributed by atoms with E-state index in [2.05, 4.69) is 15.1 Å². The van der Waals surface area contributed by atoms with Crippen LogP contribution in [0.4, 0.5) is 0 Å². The third-order valence-corrected chi connectivity index (χ3v) is 5.75. The molecule has 1 saturated heterocycles. The lowest BCUT2D eigenvalue weighted by Gasteiger charge is -2.37. The van der Waals surface area contributed by atoms with Gasteiger partial charge in [-0.3, -0.25) is 9.48 Å². The summed E-state index contributed by atoms with van der Waals surface area (Å²) in [6.45, 7) is 4.89. The van der Waals surface area contributed by atoms with Crippen molar-refractivity contribution < 1.29 is 18.3 Å².